The van der Waals surface area contributed by atoms with Gasteiger partial charge in [0.15, 0.2) is 0 Å². The second-order valence-electron chi connectivity index (χ2n) is 9.44. The van der Waals surface area contributed by atoms with Gasteiger partial charge in [-0.05, 0) is 78.5 Å². The zero-order chi connectivity index (χ0) is 27.5. The second-order valence-corrected chi connectivity index (χ2v) is 9.44. The molecule has 0 nitrogen and oxygen atoms in total. The van der Waals surface area contributed by atoms with E-state index in [2.05, 4.69) is 107 Å². The summed E-state index contributed by atoms with van der Waals surface area (Å²) in [5, 5.41) is 0. The third kappa shape index (κ3) is 10.8. The van der Waals surface area contributed by atoms with Gasteiger partial charge in [0, 0.05) is 11.1 Å². The van der Waals surface area contributed by atoms with Gasteiger partial charge in [-0.3, -0.25) is 0 Å². The van der Waals surface area contributed by atoms with Gasteiger partial charge in [-0.15, -0.1) is 0 Å². The monoisotopic (exact) mass is 488 g/mol. The summed E-state index contributed by atoms with van der Waals surface area (Å²) in [6, 6.07) is 17.1. The van der Waals surface area contributed by atoms with E-state index in [1.807, 2.05) is 41.5 Å². The third-order valence-corrected chi connectivity index (χ3v) is 7.30. The molecule has 2 aromatic carbocycles. The Labute approximate surface area is 226 Å². The van der Waals surface area contributed by atoms with Crippen LogP contribution in [-0.2, 0) is 6.42 Å². The average Bonchev–Trinajstić information content (AvgIpc) is 2.94. The molecular formula is C36H56. The maximum absolute atomic E-state index is 3.34. The summed E-state index contributed by atoms with van der Waals surface area (Å²) in [6.45, 7) is 23.7. The quantitative estimate of drug-likeness (QED) is 0.276. The van der Waals surface area contributed by atoms with Crippen molar-refractivity contribution >= 4 is 0 Å². The van der Waals surface area contributed by atoms with E-state index in [9.17, 15) is 0 Å². The highest BCUT2D eigenvalue weighted by molar-refractivity contribution is 5.52. The van der Waals surface area contributed by atoms with E-state index in [1.165, 1.54) is 35.1 Å². The number of rotatable bonds is 1. The fraction of sp³-hybridized carbons (Fsp3) is 0.556. The molecule has 0 fully saturated rings. The van der Waals surface area contributed by atoms with Crippen LogP contribution < -0.4 is 0 Å². The zero-order valence-corrected chi connectivity index (χ0v) is 25.5. The van der Waals surface area contributed by atoms with Gasteiger partial charge in [0.1, 0.15) is 0 Å². The maximum atomic E-state index is 3.34. The van der Waals surface area contributed by atoms with Crippen molar-refractivity contribution in [1.29, 1.82) is 0 Å². The molecule has 0 amide bonds. The average molecular weight is 489 g/mol. The summed E-state index contributed by atoms with van der Waals surface area (Å²) in [7, 11) is 0. The zero-order valence-electron chi connectivity index (χ0n) is 25.5. The number of allylic oxidation sites excluding steroid dienone is 2. The van der Waals surface area contributed by atoms with Crippen LogP contribution in [0.15, 0.2) is 60.7 Å². The lowest BCUT2D eigenvalue weighted by molar-refractivity contribution is 0.325. The minimum atomic E-state index is 0.581. The largest absolute Gasteiger partial charge is 0.0852 e. The van der Waals surface area contributed by atoms with Crippen molar-refractivity contribution in [3.8, 4) is 11.8 Å². The van der Waals surface area contributed by atoms with Crippen LogP contribution in [0.1, 0.15) is 124 Å². The second kappa shape index (κ2) is 19.9. The van der Waals surface area contributed by atoms with E-state index in [1.54, 1.807) is 0 Å². The highest BCUT2D eigenvalue weighted by Gasteiger charge is 2.18. The number of benzene rings is 2. The minimum Gasteiger partial charge on any atom is -0.0852 e. The first-order chi connectivity index (χ1) is 17.5. The molecule has 0 aliphatic heterocycles. The van der Waals surface area contributed by atoms with Crippen LogP contribution in [0.25, 0.3) is 0 Å². The number of fused-ring (bicyclic) bond motifs is 2. The molecule has 0 radical (unpaired) electrons. The molecule has 0 N–H and O–H groups in total. The van der Waals surface area contributed by atoms with Crippen LogP contribution in [0.3, 0.4) is 0 Å². The first kappa shape index (κ1) is 33.7. The Morgan fingerprint density at radius 1 is 0.639 bits per heavy atom. The highest BCUT2D eigenvalue weighted by Crippen LogP contribution is 2.30. The van der Waals surface area contributed by atoms with Gasteiger partial charge in [0.2, 0.25) is 0 Å². The molecule has 0 spiro atoms. The number of hydrogen-bond donors (Lipinski definition) is 0. The van der Waals surface area contributed by atoms with E-state index in [4.69, 9.17) is 0 Å². The number of hydrogen-bond acceptors (Lipinski definition) is 0. The molecule has 2 aliphatic carbocycles. The Balaban J connectivity index is 0.000000595. The summed E-state index contributed by atoms with van der Waals surface area (Å²) >= 11 is 0. The van der Waals surface area contributed by atoms with Gasteiger partial charge in [-0.1, -0.05) is 137 Å². The first-order valence-corrected chi connectivity index (χ1v) is 14.9. The molecule has 5 atom stereocenters. The molecule has 0 bridgehead atoms. The van der Waals surface area contributed by atoms with Crippen molar-refractivity contribution in [2.45, 2.75) is 108 Å². The van der Waals surface area contributed by atoms with Crippen LogP contribution in [-0.4, -0.2) is 0 Å². The predicted octanol–water partition coefficient (Wildman–Crippen LogP) is 11.1. The molecule has 0 aromatic heterocycles. The highest BCUT2D eigenvalue weighted by atomic mass is 14.2. The molecule has 0 heteroatoms. The van der Waals surface area contributed by atoms with Gasteiger partial charge in [-0.25, -0.2) is 0 Å². The van der Waals surface area contributed by atoms with Crippen molar-refractivity contribution in [2.24, 2.45) is 23.7 Å². The molecule has 0 heterocycles. The van der Waals surface area contributed by atoms with Gasteiger partial charge >= 0.3 is 0 Å². The minimum absolute atomic E-state index is 0.581. The Hall–Kier alpha value is -2.26. The molecule has 36 heavy (non-hydrogen) atoms. The van der Waals surface area contributed by atoms with Crippen molar-refractivity contribution in [3.63, 3.8) is 0 Å². The van der Waals surface area contributed by atoms with E-state index in [-0.39, 0.29) is 0 Å². The lowest BCUT2D eigenvalue weighted by Crippen LogP contribution is -2.14. The Morgan fingerprint density at radius 2 is 1.08 bits per heavy atom. The molecule has 5 unspecified atom stereocenters. The summed E-state index contributed by atoms with van der Waals surface area (Å²) < 4.78 is 0. The summed E-state index contributed by atoms with van der Waals surface area (Å²) in [6.07, 6.45) is 9.87. The summed E-state index contributed by atoms with van der Waals surface area (Å²) in [5.41, 5.74) is 5.16. The van der Waals surface area contributed by atoms with Crippen molar-refractivity contribution < 1.29 is 0 Å². The predicted molar refractivity (Wildman–Crippen MR) is 165 cm³/mol. The Bertz CT molecular complexity index is 889. The van der Waals surface area contributed by atoms with Gasteiger partial charge in [0.05, 0.1) is 0 Å². The maximum Gasteiger partial charge on any atom is 0.0283 e. The van der Waals surface area contributed by atoms with E-state index < -0.39 is 0 Å². The van der Waals surface area contributed by atoms with E-state index in [0.29, 0.717) is 5.92 Å². The van der Waals surface area contributed by atoms with E-state index in [0.717, 1.165) is 36.5 Å². The SMILES string of the molecule is CC.CC.CC.CC1/C=C\C(C)C(C)CCC1C.CCC1Cc2ccccc2C#Cc2ccccc21. The third-order valence-electron chi connectivity index (χ3n) is 7.30. The van der Waals surface area contributed by atoms with Crippen molar-refractivity contribution in [2.75, 3.05) is 0 Å². The van der Waals surface area contributed by atoms with Crippen molar-refractivity contribution in [3.05, 3.63) is 82.9 Å². The van der Waals surface area contributed by atoms with Crippen LogP contribution in [0.4, 0.5) is 0 Å². The van der Waals surface area contributed by atoms with Crippen molar-refractivity contribution in [1.82, 2.24) is 0 Å². The lowest BCUT2D eigenvalue weighted by Gasteiger charge is -2.25. The molecule has 2 aliphatic rings. The smallest absolute Gasteiger partial charge is 0.0283 e. The van der Waals surface area contributed by atoms with Crippen LogP contribution in [0.5, 0.6) is 0 Å². The molecule has 2 aromatic rings. The summed E-state index contributed by atoms with van der Waals surface area (Å²) in [5.74, 6) is 10.5. The topological polar surface area (TPSA) is 0 Å². The van der Waals surface area contributed by atoms with E-state index >= 15 is 0 Å². The Morgan fingerprint density at radius 3 is 1.61 bits per heavy atom. The van der Waals surface area contributed by atoms with Crippen LogP contribution >= 0.6 is 0 Å². The molecule has 4 rings (SSSR count). The van der Waals surface area contributed by atoms with Gasteiger partial charge < -0.3 is 0 Å². The molecule has 0 saturated heterocycles. The molecule has 200 valence electrons. The fourth-order valence-corrected chi connectivity index (χ4v) is 4.44. The summed E-state index contributed by atoms with van der Waals surface area (Å²) in [4.78, 5) is 0. The lowest BCUT2D eigenvalue weighted by atomic mass is 9.81. The van der Waals surface area contributed by atoms with Crippen LogP contribution in [0.2, 0.25) is 0 Å². The molecule has 0 saturated carbocycles. The normalized spacial score (nSPS) is 24.2. The Kier molecular flexibility index (Phi) is 18.6. The fourth-order valence-electron chi connectivity index (χ4n) is 4.44. The first-order valence-electron chi connectivity index (χ1n) is 14.9. The molecular weight excluding hydrogens is 432 g/mol. The van der Waals surface area contributed by atoms with Gasteiger partial charge in [0.25, 0.3) is 0 Å². The standard InChI is InChI=1S/C18H16.C12H22.3C2H6/c1-2-14-13-17-9-4-3-7-15(17)11-12-16-8-5-6-10-18(14)16;1-9-5-6-11(3)12(4)8-7-10(9)2;3*1-2/h3-10,14H,2,13H2,1H3;5-6,9-12H,7-8H2,1-4H3;3*1-2H3/b;6-5-;;;. The van der Waals surface area contributed by atoms with Crippen LogP contribution in [0, 0.1) is 35.5 Å². The van der Waals surface area contributed by atoms with Gasteiger partial charge in [-0.2, -0.15) is 0 Å².